The standard InChI is InChI=1S/C18H34Cl2/c1-2-3-4-5-6-7-8-9-10-11-12-13-14-15-16-17-18(19)20/h17H,2-16H2,1H3. The van der Waals surface area contributed by atoms with Crippen LogP contribution in [0.4, 0.5) is 0 Å². The summed E-state index contributed by atoms with van der Waals surface area (Å²) in [4.78, 5) is 0. The van der Waals surface area contributed by atoms with Crippen molar-refractivity contribution in [3.8, 4) is 0 Å². The molecular formula is C18H34Cl2. The summed E-state index contributed by atoms with van der Waals surface area (Å²) in [7, 11) is 0. The van der Waals surface area contributed by atoms with Crippen LogP contribution in [0.5, 0.6) is 0 Å². The predicted molar refractivity (Wildman–Crippen MR) is 94.7 cm³/mol. The third kappa shape index (κ3) is 18.3. The highest BCUT2D eigenvalue weighted by Crippen LogP contribution is 2.14. The number of hydrogen-bond donors (Lipinski definition) is 0. The summed E-state index contributed by atoms with van der Waals surface area (Å²) in [5.74, 6) is 0. The van der Waals surface area contributed by atoms with Crippen LogP contribution in [0.2, 0.25) is 0 Å². The molecule has 2 heteroatoms. The van der Waals surface area contributed by atoms with Crippen LogP contribution in [0, 0.1) is 0 Å². The molecule has 0 aliphatic heterocycles. The molecule has 0 atom stereocenters. The Hall–Kier alpha value is 0.320. The summed E-state index contributed by atoms with van der Waals surface area (Å²) in [6.45, 7) is 2.28. The van der Waals surface area contributed by atoms with Crippen molar-refractivity contribution in [2.75, 3.05) is 0 Å². The van der Waals surface area contributed by atoms with E-state index in [9.17, 15) is 0 Å². The molecule has 0 aromatic heterocycles. The molecule has 0 fully saturated rings. The van der Waals surface area contributed by atoms with E-state index < -0.39 is 0 Å². The van der Waals surface area contributed by atoms with Crippen LogP contribution >= 0.6 is 23.2 Å². The summed E-state index contributed by atoms with van der Waals surface area (Å²) in [6.07, 6.45) is 22.6. The molecule has 0 radical (unpaired) electrons. The van der Waals surface area contributed by atoms with Gasteiger partial charge in [-0.3, -0.25) is 0 Å². The summed E-state index contributed by atoms with van der Waals surface area (Å²) >= 11 is 11.1. The van der Waals surface area contributed by atoms with Crippen molar-refractivity contribution in [3.63, 3.8) is 0 Å². The lowest BCUT2D eigenvalue weighted by molar-refractivity contribution is 0.536. The Morgan fingerprint density at radius 2 is 0.950 bits per heavy atom. The molecular weight excluding hydrogens is 287 g/mol. The molecule has 20 heavy (non-hydrogen) atoms. The van der Waals surface area contributed by atoms with Crippen LogP contribution in [-0.4, -0.2) is 0 Å². The van der Waals surface area contributed by atoms with Gasteiger partial charge in [-0.2, -0.15) is 0 Å². The second kappa shape index (κ2) is 17.4. The van der Waals surface area contributed by atoms with Gasteiger partial charge >= 0.3 is 0 Å². The van der Waals surface area contributed by atoms with Gasteiger partial charge in [-0.1, -0.05) is 120 Å². The van der Waals surface area contributed by atoms with Gasteiger partial charge in [0.05, 0.1) is 0 Å². The van der Waals surface area contributed by atoms with Gasteiger partial charge in [-0.25, -0.2) is 0 Å². The summed E-state index contributed by atoms with van der Waals surface area (Å²) < 4.78 is 0.416. The third-order valence-electron chi connectivity index (χ3n) is 3.86. The third-order valence-corrected chi connectivity index (χ3v) is 4.16. The van der Waals surface area contributed by atoms with Crippen LogP contribution < -0.4 is 0 Å². The largest absolute Gasteiger partial charge is 0.102 e. The van der Waals surface area contributed by atoms with Crippen molar-refractivity contribution in [1.82, 2.24) is 0 Å². The van der Waals surface area contributed by atoms with Crippen LogP contribution in [0.3, 0.4) is 0 Å². The first-order valence-corrected chi connectivity index (χ1v) is 9.54. The Bertz CT molecular complexity index is 207. The zero-order chi connectivity index (χ0) is 14.9. The molecule has 0 bridgehead atoms. The molecule has 0 saturated carbocycles. The van der Waals surface area contributed by atoms with Gasteiger partial charge in [0, 0.05) is 0 Å². The monoisotopic (exact) mass is 320 g/mol. The van der Waals surface area contributed by atoms with Gasteiger partial charge in [0.25, 0.3) is 0 Å². The molecule has 0 amide bonds. The zero-order valence-corrected chi connectivity index (χ0v) is 15.0. The molecule has 0 aliphatic carbocycles. The quantitative estimate of drug-likeness (QED) is 0.267. The lowest BCUT2D eigenvalue weighted by Crippen LogP contribution is -1.83. The van der Waals surface area contributed by atoms with E-state index in [0.717, 1.165) is 6.42 Å². The minimum absolute atomic E-state index is 0.416. The fourth-order valence-corrected chi connectivity index (χ4v) is 2.77. The predicted octanol–water partition coefficient (Wildman–Crippen LogP) is 8.18. The Balaban J connectivity index is 2.97. The van der Waals surface area contributed by atoms with E-state index in [4.69, 9.17) is 23.2 Å². The smallest absolute Gasteiger partial charge is 0.0713 e. The molecule has 0 N–H and O–H groups in total. The van der Waals surface area contributed by atoms with E-state index in [0.29, 0.717) is 4.49 Å². The van der Waals surface area contributed by atoms with Crippen LogP contribution in [-0.2, 0) is 0 Å². The molecule has 0 spiro atoms. The van der Waals surface area contributed by atoms with E-state index in [1.807, 2.05) is 6.08 Å². The number of allylic oxidation sites excluding steroid dienone is 1. The molecule has 0 unspecified atom stereocenters. The first-order valence-electron chi connectivity index (χ1n) is 8.78. The maximum Gasteiger partial charge on any atom is 0.102 e. The Kier molecular flexibility index (Phi) is 17.6. The highest BCUT2D eigenvalue weighted by molar-refractivity contribution is 6.55. The van der Waals surface area contributed by atoms with E-state index in [2.05, 4.69) is 6.92 Å². The average molecular weight is 321 g/mol. The SMILES string of the molecule is CCCCCCCCCCCCCCCCC=C(Cl)Cl. The lowest BCUT2D eigenvalue weighted by Gasteiger charge is -2.02. The van der Waals surface area contributed by atoms with E-state index in [1.165, 1.54) is 89.9 Å². The van der Waals surface area contributed by atoms with E-state index >= 15 is 0 Å². The van der Waals surface area contributed by atoms with Gasteiger partial charge in [-0.05, 0) is 12.8 Å². The highest BCUT2D eigenvalue weighted by atomic mass is 35.5. The number of halogens is 2. The molecule has 0 aromatic carbocycles. The van der Waals surface area contributed by atoms with Crippen LogP contribution in [0.25, 0.3) is 0 Å². The molecule has 120 valence electrons. The van der Waals surface area contributed by atoms with Crippen molar-refractivity contribution in [3.05, 3.63) is 10.6 Å². The Morgan fingerprint density at radius 1 is 0.600 bits per heavy atom. The van der Waals surface area contributed by atoms with Crippen molar-refractivity contribution < 1.29 is 0 Å². The minimum atomic E-state index is 0.416. The highest BCUT2D eigenvalue weighted by Gasteiger charge is 1.94. The molecule has 0 aliphatic rings. The minimum Gasteiger partial charge on any atom is -0.0713 e. The molecule has 0 heterocycles. The number of rotatable bonds is 15. The van der Waals surface area contributed by atoms with E-state index in [1.54, 1.807) is 0 Å². The molecule has 0 rings (SSSR count). The first-order chi connectivity index (χ1) is 9.77. The van der Waals surface area contributed by atoms with E-state index in [-0.39, 0.29) is 0 Å². The van der Waals surface area contributed by atoms with Gasteiger partial charge in [0.15, 0.2) is 0 Å². The summed E-state index contributed by atoms with van der Waals surface area (Å²) in [5.41, 5.74) is 0. The fourth-order valence-electron chi connectivity index (χ4n) is 2.55. The van der Waals surface area contributed by atoms with Crippen LogP contribution in [0.1, 0.15) is 103 Å². The van der Waals surface area contributed by atoms with Crippen molar-refractivity contribution in [2.45, 2.75) is 103 Å². The molecule has 0 nitrogen and oxygen atoms in total. The molecule has 0 saturated heterocycles. The molecule has 0 aromatic rings. The van der Waals surface area contributed by atoms with Crippen molar-refractivity contribution >= 4 is 23.2 Å². The van der Waals surface area contributed by atoms with Gasteiger partial charge in [0.1, 0.15) is 4.49 Å². The maximum atomic E-state index is 5.56. The van der Waals surface area contributed by atoms with Gasteiger partial charge in [-0.15, -0.1) is 0 Å². The Morgan fingerprint density at radius 3 is 1.30 bits per heavy atom. The van der Waals surface area contributed by atoms with Gasteiger partial charge < -0.3 is 0 Å². The topological polar surface area (TPSA) is 0 Å². The second-order valence-corrected chi connectivity index (χ2v) is 6.89. The van der Waals surface area contributed by atoms with Crippen molar-refractivity contribution in [1.29, 1.82) is 0 Å². The summed E-state index contributed by atoms with van der Waals surface area (Å²) in [6, 6.07) is 0. The number of unbranched alkanes of at least 4 members (excludes halogenated alkanes) is 14. The summed E-state index contributed by atoms with van der Waals surface area (Å²) in [5, 5.41) is 0. The first kappa shape index (κ1) is 20.3. The van der Waals surface area contributed by atoms with Crippen LogP contribution in [0.15, 0.2) is 10.6 Å². The lowest BCUT2D eigenvalue weighted by atomic mass is 10.0. The fraction of sp³-hybridized carbons (Fsp3) is 0.889. The van der Waals surface area contributed by atoms with Gasteiger partial charge in [0.2, 0.25) is 0 Å². The number of hydrogen-bond acceptors (Lipinski definition) is 0. The maximum absolute atomic E-state index is 5.56. The normalized spacial score (nSPS) is 10.8. The van der Waals surface area contributed by atoms with Crippen molar-refractivity contribution in [2.24, 2.45) is 0 Å². The second-order valence-electron chi connectivity index (χ2n) is 5.88. The average Bonchev–Trinajstić information content (AvgIpc) is 2.43. The zero-order valence-electron chi connectivity index (χ0n) is 13.4. The Labute approximate surface area is 137 Å².